The van der Waals surface area contributed by atoms with Crippen molar-refractivity contribution in [2.45, 2.75) is 6.92 Å². The Bertz CT molecular complexity index is 899. The number of carbonyl (C=O) groups excluding carboxylic acids is 1. The van der Waals surface area contributed by atoms with Crippen LogP contribution in [0.3, 0.4) is 0 Å². The Labute approximate surface area is 151 Å². The minimum absolute atomic E-state index is 0.0322. The number of carbonyl (C=O) groups is 1. The highest BCUT2D eigenvalue weighted by Gasteiger charge is 2.19. The zero-order chi connectivity index (χ0) is 17.9. The van der Waals surface area contributed by atoms with Crippen LogP contribution in [0.15, 0.2) is 48.8 Å². The number of ether oxygens (including phenoxy) is 1. The molecule has 0 radical (unpaired) electrons. The molecule has 26 heavy (non-hydrogen) atoms. The second-order valence-electron chi connectivity index (χ2n) is 6.09. The zero-order valence-corrected chi connectivity index (χ0v) is 14.5. The minimum atomic E-state index is 0.0322. The largest absolute Gasteiger partial charge is 0.378 e. The van der Waals surface area contributed by atoms with Crippen LogP contribution in [0.1, 0.15) is 16.2 Å². The van der Waals surface area contributed by atoms with Gasteiger partial charge in [0.05, 0.1) is 25.1 Å². The molecule has 1 amide bonds. The molecule has 1 fully saturated rings. The maximum absolute atomic E-state index is 12.6. The molecule has 4 rings (SSSR count). The molecule has 1 aliphatic heterocycles. The molecule has 0 bridgehead atoms. The molecular formula is C19H19N5O2. The first kappa shape index (κ1) is 16.4. The lowest BCUT2D eigenvalue weighted by molar-refractivity contribution is 0.0303. The number of amides is 1. The molecule has 0 atom stereocenters. The van der Waals surface area contributed by atoms with Gasteiger partial charge in [0.1, 0.15) is 5.82 Å². The number of hydrogen-bond acceptors (Lipinski definition) is 5. The highest BCUT2D eigenvalue weighted by Crippen LogP contribution is 2.22. The molecule has 1 aromatic carbocycles. The van der Waals surface area contributed by atoms with Gasteiger partial charge < -0.3 is 9.64 Å². The fraction of sp³-hybridized carbons (Fsp3) is 0.263. The zero-order valence-electron chi connectivity index (χ0n) is 14.5. The molecule has 1 saturated heterocycles. The van der Waals surface area contributed by atoms with E-state index in [-0.39, 0.29) is 5.91 Å². The average molecular weight is 349 g/mol. The molecule has 7 nitrogen and oxygen atoms in total. The standard InChI is InChI=1S/C19H19N5O2/c1-14-21-18(24(22-14)17-3-2-8-20-13-17)15-4-6-16(7-5-15)19(25)23-9-11-26-12-10-23/h2-8,13H,9-12H2,1H3. The van der Waals surface area contributed by atoms with Crippen molar-refractivity contribution in [1.82, 2.24) is 24.6 Å². The van der Waals surface area contributed by atoms with Gasteiger partial charge >= 0.3 is 0 Å². The average Bonchev–Trinajstić information content (AvgIpc) is 3.11. The second kappa shape index (κ2) is 7.05. The highest BCUT2D eigenvalue weighted by molar-refractivity contribution is 5.94. The van der Waals surface area contributed by atoms with E-state index in [1.54, 1.807) is 17.1 Å². The molecule has 3 heterocycles. The van der Waals surface area contributed by atoms with Crippen molar-refractivity contribution in [1.29, 1.82) is 0 Å². The van der Waals surface area contributed by atoms with Gasteiger partial charge in [-0.3, -0.25) is 9.78 Å². The SMILES string of the molecule is Cc1nc(-c2ccc(C(=O)N3CCOCC3)cc2)n(-c2cccnc2)n1. The summed E-state index contributed by atoms with van der Waals surface area (Å²) < 4.78 is 7.07. The summed E-state index contributed by atoms with van der Waals surface area (Å²) in [6.45, 7) is 4.31. The number of morpholine rings is 1. The molecule has 0 spiro atoms. The van der Waals surface area contributed by atoms with E-state index in [4.69, 9.17) is 4.74 Å². The van der Waals surface area contributed by atoms with Gasteiger partial charge in [0.15, 0.2) is 5.82 Å². The summed E-state index contributed by atoms with van der Waals surface area (Å²) in [5, 5.41) is 4.46. The van der Waals surface area contributed by atoms with Crippen molar-refractivity contribution in [3.63, 3.8) is 0 Å². The lowest BCUT2D eigenvalue weighted by Crippen LogP contribution is -2.40. The van der Waals surface area contributed by atoms with Gasteiger partial charge in [0.25, 0.3) is 5.91 Å². The predicted molar refractivity (Wildman–Crippen MR) is 96.0 cm³/mol. The Morgan fingerprint density at radius 2 is 1.88 bits per heavy atom. The minimum Gasteiger partial charge on any atom is -0.378 e. The second-order valence-corrected chi connectivity index (χ2v) is 6.09. The molecule has 1 aliphatic rings. The third-order valence-electron chi connectivity index (χ3n) is 4.29. The summed E-state index contributed by atoms with van der Waals surface area (Å²) >= 11 is 0. The van der Waals surface area contributed by atoms with Gasteiger partial charge in [-0.1, -0.05) is 12.1 Å². The molecule has 0 saturated carbocycles. The van der Waals surface area contributed by atoms with E-state index in [1.165, 1.54) is 0 Å². The maximum atomic E-state index is 12.6. The molecular weight excluding hydrogens is 330 g/mol. The van der Waals surface area contributed by atoms with E-state index >= 15 is 0 Å². The number of benzene rings is 1. The monoisotopic (exact) mass is 349 g/mol. The summed E-state index contributed by atoms with van der Waals surface area (Å²) in [6.07, 6.45) is 3.47. The predicted octanol–water partition coefficient (Wildman–Crippen LogP) is 2.11. The van der Waals surface area contributed by atoms with Gasteiger partial charge in [-0.25, -0.2) is 9.67 Å². The van der Waals surface area contributed by atoms with Crippen LogP contribution in [0.25, 0.3) is 17.1 Å². The van der Waals surface area contributed by atoms with Crippen LogP contribution in [0, 0.1) is 6.92 Å². The maximum Gasteiger partial charge on any atom is 0.254 e. The Morgan fingerprint density at radius 1 is 1.12 bits per heavy atom. The number of pyridine rings is 1. The molecule has 0 unspecified atom stereocenters. The third kappa shape index (κ3) is 3.21. The first-order valence-corrected chi connectivity index (χ1v) is 8.54. The molecule has 7 heteroatoms. The van der Waals surface area contributed by atoms with Gasteiger partial charge in [-0.2, -0.15) is 5.10 Å². The first-order chi connectivity index (χ1) is 12.7. The van der Waals surface area contributed by atoms with Gasteiger partial charge in [-0.05, 0) is 31.2 Å². The van der Waals surface area contributed by atoms with Gasteiger partial charge in [0, 0.05) is 30.4 Å². The Balaban J connectivity index is 1.63. The van der Waals surface area contributed by atoms with E-state index in [0.29, 0.717) is 37.7 Å². The van der Waals surface area contributed by atoms with Crippen LogP contribution in [0.4, 0.5) is 0 Å². The van der Waals surface area contributed by atoms with Crippen LogP contribution in [0.2, 0.25) is 0 Å². The van der Waals surface area contributed by atoms with Crippen molar-refractivity contribution in [2.75, 3.05) is 26.3 Å². The molecule has 0 N–H and O–H groups in total. The number of hydrogen-bond donors (Lipinski definition) is 0. The number of aryl methyl sites for hydroxylation is 1. The Hall–Kier alpha value is -3.06. The van der Waals surface area contributed by atoms with E-state index < -0.39 is 0 Å². The number of nitrogens with zero attached hydrogens (tertiary/aromatic N) is 5. The fourth-order valence-corrected chi connectivity index (χ4v) is 2.97. The summed E-state index contributed by atoms with van der Waals surface area (Å²) in [4.78, 5) is 23.1. The molecule has 2 aromatic heterocycles. The Morgan fingerprint density at radius 3 is 2.58 bits per heavy atom. The number of rotatable bonds is 3. The van der Waals surface area contributed by atoms with Crippen LogP contribution >= 0.6 is 0 Å². The Kier molecular flexibility index (Phi) is 4.45. The van der Waals surface area contributed by atoms with E-state index in [9.17, 15) is 4.79 Å². The highest BCUT2D eigenvalue weighted by atomic mass is 16.5. The third-order valence-corrected chi connectivity index (χ3v) is 4.29. The molecule has 132 valence electrons. The van der Waals surface area contributed by atoms with Crippen molar-refractivity contribution in [2.24, 2.45) is 0 Å². The van der Waals surface area contributed by atoms with Crippen LogP contribution in [0.5, 0.6) is 0 Å². The van der Waals surface area contributed by atoms with E-state index in [2.05, 4.69) is 15.1 Å². The van der Waals surface area contributed by atoms with Crippen molar-refractivity contribution < 1.29 is 9.53 Å². The van der Waals surface area contributed by atoms with Crippen molar-refractivity contribution >= 4 is 5.91 Å². The summed E-state index contributed by atoms with van der Waals surface area (Å²) in [5.74, 6) is 1.43. The fourth-order valence-electron chi connectivity index (χ4n) is 2.97. The van der Waals surface area contributed by atoms with Gasteiger partial charge in [-0.15, -0.1) is 0 Å². The first-order valence-electron chi connectivity index (χ1n) is 8.54. The molecule has 3 aromatic rings. The lowest BCUT2D eigenvalue weighted by atomic mass is 10.1. The molecule has 0 aliphatic carbocycles. The number of aromatic nitrogens is 4. The van der Waals surface area contributed by atoms with Gasteiger partial charge in [0.2, 0.25) is 0 Å². The summed E-state index contributed by atoms with van der Waals surface area (Å²) in [5.41, 5.74) is 2.41. The van der Waals surface area contributed by atoms with E-state index in [1.807, 2.05) is 48.2 Å². The normalized spacial score (nSPS) is 14.4. The van der Waals surface area contributed by atoms with Crippen LogP contribution < -0.4 is 0 Å². The summed E-state index contributed by atoms with van der Waals surface area (Å²) in [6, 6.07) is 11.3. The van der Waals surface area contributed by atoms with Crippen LogP contribution in [-0.2, 0) is 4.74 Å². The van der Waals surface area contributed by atoms with Crippen molar-refractivity contribution in [3.8, 4) is 17.1 Å². The summed E-state index contributed by atoms with van der Waals surface area (Å²) in [7, 11) is 0. The van der Waals surface area contributed by atoms with Crippen LogP contribution in [-0.4, -0.2) is 56.9 Å². The topological polar surface area (TPSA) is 73.1 Å². The van der Waals surface area contributed by atoms with Crippen molar-refractivity contribution in [3.05, 3.63) is 60.2 Å². The quantitative estimate of drug-likeness (QED) is 0.724. The smallest absolute Gasteiger partial charge is 0.254 e. The lowest BCUT2D eigenvalue weighted by Gasteiger charge is -2.26. The van der Waals surface area contributed by atoms with E-state index in [0.717, 1.165) is 17.1 Å².